The Labute approximate surface area is 133 Å². The molecule has 0 unspecified atom stereocenters. The molecule has 0 atom stereocenters. The summed E-state index contributed by atoms with van der Waals surface area (Å²) in [5.41, 5.74) is 1.11. The molecule has 6 nitrogen and oxygen atoms in total. The minimum Gasteiger partial charge on any atom is -0.392 e. The molecule has 3 rings (SSSR count). The molecule has 1 aromatic carbocycles. The van der Waals surface area contributed by atoms with Crippen LogP contribution in [0.4, 0.5) is 10.3 Å². The predicted octanol–water partition coefficient (Wildman–Crippen LogP) is 1.05. The molecule has 1 aromatic heterocycles. The number of rotatable bonds is 3. The first-order valence-corrected chi connectivity index (χ1v) is 7.29. The minimum atomic E-state index is -0.471. The second kappa shape index (κ2) is 6.29. The molecule has 0 aliphatic carbocycles. The number of piperazine rings is 1. The van der Waals surface area contributed by atoms with Crippen LogP contribution in [0.2, 0.25) is 0 Å². The van der Waals surface area contributed by atoms with Gasteiger partial charge in [-0.1, -0.05) is 18.2 Å². The van der Waals surface area contributed by atoms with Crippen molar-refractivity contribution in [1.82, 2.24) is 14.9 Å². The number of halogens is 1. The van der Waals surface area contributed by atoms with Crippen LogP contribution >= 0.6 is 0 Å². The lowest BCUT2D eigenvalue weighted by molar-refractivity contribution is -0.129. The molecule has 1 fully saturated rings. The van der Waals surface area contributed by atoms with E-state index in [1.807, 2.05) is 0 Å². The van der Waals surface area contributed by atoms with Gasteiger partial charge in [-0.3, -0.25) is 4.79 Å². The number of aliphatic hydroxyl groups excluding tert-OH is 1. The third-order valence-corrected chi connectivity index (χ3v) is 3.94. The summed E-state index contributed by atoms with van der Waals surface area (Å²) in [4.78, 5) is 23.7. The fourth-order valence-electron chi connectivity index (χ4n) is 2.48. The number of carbonyl (C=O) groups is 1. The van der Waals surface area contributed by atoms with Crippen molar-refractivity contribution in [3.05, 3.63) is 42.0 Å². The van der Waals surface area contributed by atoms with Gasteiger partial charge < -0.3 is 14.9 Å². The third kappa shape index (κ3) is 3.00. The maximum atomic E-state index is 14.2. The van der Waals surface area contributed by atoms with Crippen LogP contribution in [0.15, 0.2) is 30.6 Å². The minimum absolute atomic E-state index is 0.0191. The van der Waals surface area contributed by atoms with E-state index in [9.17, 15) is 9.18 Å². The smallest absolute Gasteiger partial charge is 0.242 e. The molecule has 1 aliphatic rings. The zero-order chi connectivity index (χ0) is 16.4. The maximum Gasteiger partial charge on any atom is 0.242 e. The van der Waals surface area contributed by atoms with Crippen molar-refractivity contribution in [3.8, 4) is 11.1 Å². The molecule has 0 spiro atoms. The number of likely N-dealkylation sites (N-methyl/N-ethyl adjacent to an activating group) is 1. The van der Waals surface area contributed by atoms with Crippen LogP contribution in [-0.2, 0) is 11.4 Å². The molecule has 1 N–H and O–H groups in total. The van der Waals surface area contributed by atoms with Gasteiger partial charge in [-0.15, -0.1) is 0 Å². The molecule has 1 saturated heterocycles. The van der Waals surface area contributed by atoms with Gasteiger partial charge in [0.05, 0.1) is 13.2 Å². The molecule has 0 saturated carbocycles. The summed E-state index contributed by atoms with van der Waals surface area (Å²) in [5.74, 6) is 0.000615. The number of hydrogen-bond donors (Lipinski definition) is 1. The first-order valence-electron chi connectivity index (χ1n) is 7.29. The lowest BCUT2D eigenvalue weighted by Crippen LogP contribution is -2.49. The lowest BCUT2D eigenvalue weighted by Gasteiger charge is -2.31. The summed E-state index contributed by atoms with van der Waals surface area (Å²) < 4.78 is 14.2. The Hall–Kier alpha value is -2.54. The number of carbonyl (C=O) groups excluding carboxylic acids is 1. The molecule has 120 valence electrons. The molecule has 0 bridgehead atoms. The van der Waals surface area contributed by atoms with Gasteiger partial charge in [-0.05, 0) is 0 Å². The molecule has 1 aliphatic heterocycles. The quantitative estimate of drug-likeness (QED) is 0.917. The van der Waals surface area contributed by atoms with E-state index in [-0.39, 0.29) is 24.6 Å². The van der Waals surface area contributed by atoms with Gasteiger partial charge in [0, 0.05) is 49.2 Å². The van der Waals surface area contributed by atoms with Crippen LogP contribution in [0.5, 0.6) is 0 Å². The average Bonchev–Trinajstić information content (AvgIpc) is 2.58. The van der Waals surface area contributed by atoms with E-state index in [0.717, 1.165) is 0 Å². The van der Waals surface area contributed by atoms with E-state index < -0.39 is 5.82 Å². The Bertz CT molecular complexity index is 721. The summed E-state index contributed by atoms with van der Waals surface area (Å²) >= 11 is 0. The van der Waals surface area contributed by atoms with Gasteiger partial charge in [-0.2, -0.15) is 0 Å². The van der Waals surface area contributed by atoms with Crippen molar-refractivity contribution in [2.75, 3.05) is 31.6 Å². The Balaban J connectivity index is 1.84. The second-order valence-electron chi connectivity index (χ2n) is 5.45. The fraction of sp³-hybridized carbons (Fsp3) is 0.312. The Morgan fingerprint density at radius 3 is 2.65 bits per heavy atom. The van der Waals surface area contributed by atoms with Gasteiger partial charge in [0.15, 0.2) is 0 Å². The number of hydrogen-bond acceptors (Lipinski definition) is 5. The van der Waals surface area contributed by atoms with Gasteiger partial charge in [0.25, 0.3) is 0 Å². The van der Waals surface area contributed by atoms with Crippen molar-refractivity contribution in [2.45, 2.75) is 6.61 Å². The van der Waals surface area contributed by atoms with Gasteiger partial charge >= 0.3 is 0 Å². The van der Waals surface area contributed by atoms with Crippen LogP contribution in [0.3, 0.4) is 0 Å². The third-order valence-electron chi connectivity index (χ3n) is 3.94. The molecular weight excluding hydrogens is 299 g/mol. The number of aromatic nitrogens is 2. The zero-order valence-corrected chi connectivity index (χ0v) is 12.7. The van der Waals surface area contributed by atoms with E-state index in [0.29, 0.717) is 30.2 Å². The number of benzene rings is 1. The Kier molecular flexibility index (Phi) is 4.20. The Morgan fingerprint density at radius 1 is 1.26 bits per heavy atom. The highest BCUT2D eigenvalue weighted by atomic mass is 19.1. The standard InChI is InChI=1S/C16H17FN4O2/c1-20-5-6-21(9-14(20)23)16-18-7-12(8-19-16)13-4-2-3-11(10-22)15(13)17/h2-4,7-8,22H,5-6,9-10H2,1H3. The zero-order valence-electron chi connectivity index (χ0n) is 12.7. The van der Waals surface area contributed by atoms with Crippen LogP contribution in [0, 0.1) is 5.82 Å². The average molecular weight is 316 g/mol. The summed E-state index contributed by atoms with van der Waals surface area (Å²) in [5, 5.41) is 9.14. The Morgan fingerprint density at radius 2 is 2.00 bits per heavy atom. The van der Waals surface area contributed by atoms with E-state index in [1.165, 1.54) is 18.5 Å². The SMILES string of the molecule is CN1CCN(c2ncc(-c3cccc(CO)c3F)cn2)CC1=O. The second-order valence-corrected chi connectivity index (χ2v) is 5.45. The van der Waals surface area contributed by atoms with Crippen LogP contribution < -0.4 is 4.90 Å². The first-order chi connectivity index (χ1) is 11.1. The van der Waals surface area contributed by atoms with Crippen molar-refractivity contribution in [2.24, 2.45) is 0 Å². The summed E-state index contributed by atoms with van der Waals surface area (Å²) in [7, 11) is 1.76. The molecular formula is C16H17FN4O2. The summed E-state index contributed by atoms with van der Waals surface area (Å²) in [6, 6.07) is 4.83. The van der Waals surface area contributed by atoms with Crippen molar-refractivity contribution < 1.29 is 14.3 Å². The topological polar surface area (TPSA) is 69.6 Å². The van der Waals surface area contributed by atoms with E-state index in [4.69, 9.17) is 5.11 Å². The highest BCUT2D eigenvalue weighted by molar-refractivity contribution is 5.81. The van der Waals surface area contributed by atoms with Gasteiger partial charge in [-0.25, -0.2) is 14.4 Å². The number of amides is 1. The highest BCUT2D eigenvalue weighted by Crippen LogP contribution is 2.25. The lowest BCUT2D eigenvalue weighted by atomic mass is 10.1. The number of nitrogens with zero attached hydrogens (tertiary/aromatic N) is 4. The molecule has 2 aromatic rings. The first kappa shape index (κ1) is 15.4. The van der Waals surface area contributed by atoms with Crippen LogP contribution in [0.1, 0.15) is 5.56 Å². The van der Waals surface area contributed by atoms with Crippen molar-refractivity contribution in [1.29, 1.82) is 0 Å². The fourth-order valence-corrected chi connectivity index (χ4v) is 2.48. The number of anilines is 1. The van der Waals surface area contributed by atoms with E-state index in [2.05, 4.69) is 9.97 Å². The summed E-state index contributed by atoms with van der Waals surface area (Å²) in [6.07, 6.45) is 3.06. The molecule has 7 heteroatoms. The van der Waals surface area contributed by atoms with Gasteiger partial charge in [0.2, 0.25) is 11.9 Å². The van der Waals surface area contributed by atoms with E-state index >= 15 is 0 Å². The molecule has 0 radical (unpaired) electrons. The van der Waals surface area contributed by atoms with E-state index in [1.54, 1.807) is 29.0 Å². The maximum absolute atomic E-state index is 14.2. The van der Waals surface area contributed by atoms with Crippen molar-refractivity contribution in [3.63, 3.8) is 0 Å². The molecule has 1 amide bonds. The normalized spacial score (nSPS) is 15.2. The number of aliphatic hydroxyl groups is 1. The van der Waals surface area contributed by atoms with Gasteiger partial charge in [0.1, 0.15) is 5.82 Å². The van der Waals surface area contributed by atoms with Crippen LogP contribution in [0.25, 0.3) is 11.1 Å². The molecule has 23 heavy (non-hydrogen) atoms. The van der Waals surface area contributed by atoms with Crippen LogP contribution in [-0.4, -0.2) is 52.6 Å². The largest absolute Gasteiger partial charge is 0.392 e. The molecule has 2 heterocycles. The summed E-state index contributed by atoms with van der Waals surface area (Å²) in [6.45, 7) is 1.17. The highest BCUT2D eigenvalue weighted by Gasteiger charge is 2.22. The van der Waals surface area contributed by atoms with Crippen molar-refractivity contribution >= 4 is 11.9 Å². The predicted molar refractivity (Wildman–Crippen MR) is 83.2 cm³/mol. The monoisotopic (exact) mass is 316 g/mol.